The number of fused-ring (bicyclic) bond motifs is 1. The zero-order chi connectivity index (χ0) is 14.1. The van der Waals surface area contributed by atoms with Crippen LogP contribution in [0.3, 0.4) is 0 Å². The lowest BCUT2D eigenvalue weighted by Gasteiger charge is -2.06. The second kappa shape index (κ2) is 5.13. The molecule has 0 amide bonds. The Balaban J connectivity index is 2.09. The average Bonchev–Trinajstić information content (AvgIpc) is 2.95. The van der Waals surface area contributed by atoms with E-state index in [2.05, 4.69) is 33.9 Å². The summed E-state index contributed by atoms with van der Waals surface area (Å²) in [4.78, 5) is 4.37. The lowest BCUT2D eigenvalue weighted by Crippen LogP contribution is -2.08. The minimum atomic E-state index is 0.733. The van der Waals surface area contributed by atoms with Gasteiger partial charge in [0.25, 0.3) is 0 Å². The van der Waals surface area contributed by atoms with Crippen molar-refractivity contribution in [1.82, 2.24) is 14.9 Å². The van der Waals surface area contributed by atoms with E-state index < -0.39 is 0 Å². The normalized spacial score (nSPS) is 11.3. The number of hydrogen-bond acceptors (Lipinski definition) is 3. The summed E-state index contributed by atoms with van der Waals surface area (Å²) in [5.74, 6) is 0.999. The number of benzene rings is 1. The number of nitrogens with zero attached hydrogens (tertiary/aromatic N) is 2. The monoisotopic (exact) mass is 269 g/mol. The molecule has 3 rings (SSSR count). The fourth-order valence-corrected chi connectivity index (χ4v) is 2.50. The molecule has 0 spiro atoms. The molecular formula is C16H19N3O. The Kier molecular flexibility index (Phi) is 3.32. The second-order valence-electron chi connectivity index (χ2n) is 5.07. The van der Waals surface area contributed by atoms with Gasteiger partial charge in [0.05, 0.1) is 25.1 Å². The third kappa shape index (κ3) is 2.12. The molecule has 0 radical (unpaired) electrons. The first kappa shape index (κ1) is 12.9. The molecule has 4 heteroatoms. The molecule has 0 saturated heterocycles. The highest BCUT2D eigenvalue weighted by Gasteiger charge is 2.14. The number of rotatable bonds is 4. The minimum absolute atomic E-state index is 0.733. The molecule has 0 aliphatic heterocycles. The summed E-state index contributed by atoms with van der Waals surface area (Å²) in [5.41, 5.74) is 4.45. The summed E-state index contributed by atoms with van der Waals surface area (Å²) in [5, 5.41) is 4.36. The molecule has 3 aromatic rings. The molecule has 0 unspecified atom stereocenters. The number of nitrogens with one attached hydrogen (secondary N) is 1. The van der Waals surface area contributed by atoms with Gasteiger partial charge in [-0.1, -0.05) is 18.2 Å². The highest BCUT2D eigenvalue weighted by Crippen LogP contribution is 2.27. The Hall–Kier alpha value is -2.07. The predicted octanol–water partition coefficient (Wildman–Crippen LogP) is 3.01. The van der Waals surface area contributed by atoms with E-state index in [1.807, 2.05) is 32.4 Å². The van der Waals surface area contributed by atoms with Gasteiger partial charge in [0.2, 0.25) is 0 Å². The van der Waals surface area contributed by atoms with Crippen LogP contribution in [-0.4, -0.2) is 16.6 Å². The average molecular weight is 269 g/mol. The molecule has 0 fully saturated rings. The van der Waals surface area contributed by atoms with Gasteiger partial charge < -0.3 is 14.3 Å². The van der Waals surface area contributed by atoms with Crippen LogP contribution < -0.4 is 5.32 Å². The van der Waals surface area contributed by atoms with E-state index in [9.17, 15) is 0 Å². The molecule has 0 aliphatic rings. The van der Waals surface area contributed by atoms with Crippen LogP contribution in [0.5, 0.6) is 0 Å². The Morgan fingerprint density at radius 2 is 2.05 bits per heavy atom. The lowest BCUT2D eigenvalue weighted by molar-refractivity contribution is 0.521. The van der Waals surface area contributed by atoms with Crippen molar-refractivity contribution in [1.29, 1.82) is 0 Å². The standard InChI is InChI=1S/C16H19N3O/c1-11-12(2)19(10-18-11)9-14-13-6-4-5-7-15(13)20-16(14)8-17-3/h4-7,10,17H,8-9H2,1-3H3. The first-order valence-corrected chi connectivity index (χ1v) is 6.83. The Bertz CT molecular complexity index is 739. The van der Waals surface area contributed by atoms with E-state index in [1.165, 1.54) is 16.6 Å². The van der Waals surface area contributed by atoms with Gasteiger partial charge in [0.15, 0.2) is 0 Å². The van der Waals surface area contributed by atoms with Gasteiger partial charge in [-0.05, 0) is 27.0 Å². The number of furan rings is 1. The highest BCUT2D eigenvalue weighted by molar-refractivity contribution is 5.82. The highest BCUT2D eigenvalue weighted by atomic mass is 16.3. The van der Waals surface area contributed by atoms with Gasteiger partial charge in [-0.3, -0.25) is 0 Å². The summed E-state index contributed by atoms with van der Waals surface area (Å²) < 4.78 is 8.13. The molecule has 2 heterocycles. The maximum absolute atomic E-state index is 5.96. The summed E-state index contributed by atoms with van der Waals surface area (Å²) in [6.07, 6.45) is 1.90. The van der Waals surface area contributed by atoms with Gasteiger partial charge >= 0.3 is 0 Å². The number of hydrogen-bond donors (Lipinski definition) is 1. The van der Waals surface area contributed by atoms with E-state index in [0.717, 1.165) is 30.1 Å². The molecule has 2 aromatic heterocycles. The van der Waals surface area contributed by atoms with E-state index >= 15 is 0 Å². The molecule has 0 bridgehead atoms. The maximum atomic E-state index is 5.96. The molecule has 0 atom stereocenters. The molecule has 0 saturated carbocycles. The van der Waals surface area contributed by atoms with E-state index in [4.69, 9.17) is 4.42 Å². The van der Waals surface area contributed by atoms with Gasteiger partial charge in [0, 0.05) is 16.6 Å². The zero-order valence-electron chi connectivity index (χ0n) is 12.1. The van der Waals surface area contributed by atoms with Crippen molar-refractivity contribution in [2.24, 2.45) is 0 Å². The number of aryl methyl sites for hydroxylation is 1. The van der Waals surface area contributed by atoms with Gasteiger partial charge in [-0.25, -0.2) is 4.98 Å². The topological polar surface area (TPSA) is 43.0 Å². The number of imidazole rings is 1. The first-order valence-electron chi connectivity index (χ1n) is 6.83. The third-order valence-electron chi connectivity index (χ3n) is 3.79. The summed E-state index contributed by atoms with van der Waals surface area (Å²) in [6, 6.07) is 8.19. The molecular weight excluding hydrogens is 250 g/mol. The van der Waals surface area contributed by atoms with E-state index in [0.29, 0.717) is 0 Å². The smallest absolute Gasteiger partial charge is 0.134 e. The van der Waals surface area contributed by atoms with Crippen LogP contribution in [0.25, 0.3) is 11.0 Å². The van der Waals surface area contributed by atoms with Crippen molar-refractivity contribution in [2.75, 3.05) is 7.05 Å². The second-order valence-corrected chi connectivity index (χ2v) is 5.07. The van der Waals surface area contributed by atoms with Crippen LogP contribution >= 0.6 is 0 Å². The Morgan fingerprint density at radius 1 is 1.25 bits per heavy atom. The fourth-order valence-electron chi connectivity index (χ4n) is 2.50. The van der Waals surface area contributed by atoms with Crippen LogP contribution in [-0.2, 0) is 13.1 Å². The van der Waals surface area contributed by atoms with Gasteiger partial charge in [0.1, 0.15) is 11.3 Å². The van der Waals surface area contributed by atoms with E-state index in [-0.39, 0.29) is 0 Å². The van der Waals surface area contributed by atoms with Crippen molar-refractivity contribution in [3.05, 3.63) is 53.3 Å². The summed E-state index contributed by atoms with van der Waals surface area (Å²) >= 11 is 0. The van der Waals surface area contributed by atoms with Crippen molar-refractivity contribution in [3.63, 3.8) is 0 Å². The third-order valence-corrected chi connectivity index (χ3v) is 3.79. The Labute approximate surface area is 118 Å². The zero-order valence-corrected chi connectivity index (χ0v) is 12.1. The molecule has 1 aromatic carbocycles. The van der Waals surface area contributed by atoms with Crippen molar-refractivity contribution in [2.45, 2.75) is 26.9 Å². The van der Waals surface area contributed by atoms with Crippen LogP contribution in [0.2, 0.25) is 0 Å². The Morgan fingerprint density at radius 3 is 2.75 bits per heavy atom. The fraction of sp³-hybridized carbons (Fsp3) is 0.312. The number of para-hydroxylation sites is 1. The van der Waals surface area contributed by atoms with Gasteiger partial charge in [-0.15, -0.1) is 0 Å². The molecule has 104 valence electrons. The summed E-state index contributed by atoms with van der Waals surface area (Å²) in [7, 11) is 1.93. The maximum Gasteiger partial charge on any atom is 0.134 e. The van der Waals surface area contributed by atoms with Gasteiger partial charge in [-0.2, -0.15) is 0 Å². The first-order chi connectivity index (χ1) is 9.70. The SMILES string of the molecule is CNCc1oc2ccccc2c1Cn1cnc(C)c1C. The lowest BCUT2D eigenvalue weighted by atomic mass is 10.1. The van der Waals surface area contributed by atoms with Crippen LogP contribution in [0, 0.1) is 13.8 Å². The van der Waals surface area contributed by atoms with Crippen molar-refractivity contribution < 1.29 is 4.42 Å². The molecule has 0 aliphatic carbocycles. The van der Waals surface area contributed by atoms with Crippen LogP contribution in [0.4, 0.5) is 0 Å². The molecule has 20 heavy (non-hydrogen) atoms. The molecule has 1 N–H and O–H groups in total. The quantitative estimate of drug-likeness (QED) is 0.791. The van der Waals surface area contributed by atoms with Crippen LogP contribution in [0.1, 0.15) is 22.7 Å². The van der Waals surface area contributed by atoms with E-state index in [1.54, 1.807) is 0 Å². The van der Waals surface area contributed by atoms with Crippen LogP contribution in [0.15, 0.2) is 35.0 Å². The van der Waals surface area contributed by atoms with Crippen molar-refractivity contribution >= 4 is 11.0 Å². The number of aromatic nitrogens is 2. The molecule has 4 nitrogen and oxygen atoms in total. The minimum Gasteiger partial charge on any atom is -0.459 e. The summed E-state index contributed by atoms with van der Waals surface area (Å²) in [6.45, 7) is 5.66. The van der Waals surface area contributed by atoms with Crippen molar-refractivity contribution in [3.8, 4) is 0 Å². The predicted molar refractivity (Wildman–Crippen MR) is 79.8 cm³/mol. The largest absolute Gasteiger partial charge is 0.459 e.